The van der Waals surface area contributed by atoms with Gasteiger partial charge in [0.15, 0.2) is 5.60 Å². The van der Waals surface area contributed by atoms with Crippen LogP contribution in [0.15, 0.2) is 4.52 Å². The lowest BCUT2D eigenvalue weighted by molar-refractivity contribution is 0.0508. The van der Waals surface area contributed by atoms with Crippen LogP contribution in [0, 0.1) is 5.92 Å². The summed E-state index contributed by atoms with van der Waals surface area (Å²) in [5, 5.41) is 3.74. The fourth-order valence-corrected chi connectivity index (χ4v) is 3.73. The molecule has 1 heterocycles. The number of carbonyl (C=O) groups is 1. The Labute approximate surface area is 167 Å². The number of carbonyl (C=O) groups excluding carboxylic acids is 2. The summed E-state index contributed by atoms with van der Waals surface area (Å²) in [5.74, 6) is 0.210. The van der Waals surface area contributed by atoms with Crippen molar-refractivity contribution in [3.63, 3.8) is 0 Å². The average molecular weight is 396 g/mol. The van der Waals surface area contributed by atoms with E-state index < -0.39 is 11.6 Å². The summed E-state index contributed by atoms with van der Waals surface area (Å²) in [6.07, 6.45) is 9.86. The zero-order chi connectivity index (χ0) is 20.6. The van der Waals surface area contributed by atoms with Crippen LogP contribution in [0.25, 0.3) is 0 Å². The van der Waals surface area contributed by atoms with Crippen molar-refractivity contribution < 1.29 is 23.6 Å². The molecule has 1 N–H and O–H groups in total. The van der Waals surface area contributed by atoms with Crippen molar-refractivity contribution in [3.05, 3.63) is 11.7 Å². The van der Waals surface area contributed by atoms with Crippen LogP contribution in [-0.2, 0) is 9.47 Å². The molecule has 0 aliphatic heterocycles. The van der Waals surface area contributed by atoms with Crippen LogP contribution in [-0.4, -0.2) is 39.1 Å². The van der Waals surface area contributed by atoms with Gasteiger partial charge in [-0.15, -0.1) is 0 Å². The van der Waals surface area contributed by atoms with E-state index in [9.17, 15) is 9.59 Å². The zero-order valence-electron chi connectivity index (χ0n) is 17.7. The molecule has 1 aromatic rings. The first-order valence-corrected chi connectivity index (χ1v) is 10.5. The van der Waals surface area contributed by atoms with Gasteiger partial charge in [-0.25, -0.2) is 4.79 Å². The maximum absolute atomic E-state index is 11.8. The number of hydrogen-bond donors (Lipinski definition) is 0. The van der Waals surface area contributed by atoms with Crippen LogP contribution in [0.4, 0.5) is 0 Å². The minimum absolute atomic E-state index is 0.0500. The number of aromatic nitrogens is 2. The number of ether oxygens (including phenoxy) is 2. The topological polar surface area (TPSA) is 95.8 Å². The molecular weight excluding hydrogens is 360 g/mol. The van der Waals surface area contributed by atoms with E-state index in [1.54, 1.807) is 6.92 Å². The normalized spacial score (nSPS) is 16.6. The van der Waals surface area contributed by atoms with Crippen LogP contribution < -0.4 is 0 Å². The van der Waals surface area contributed by atoms with Crippen LogP contribution >= 0.6 is 0 Å². The first-order chi connectivity index (χ1) is 13.3. The second-order valence-electron chi connectivity index (χ2n) is 8.62. The Bertz CT molecular complexity index is 629. The lowest BCUT2D eigenvalue weighted by Crippen LogP contribution is -2.25. The highest BCUT2D eigenvalue weighted by Gasteiger charge is 2.32. The molecule has 7 nitrogen and oxygen atoms in total. The molecular formula is C21H35N2O5+. The molecule has 0 radical (unpaired) electrons. The first-order valence-electron chi connectivity index (χ1n) is 10.5. The first kappa shape index (κ1) is 22.4. The highest BCUT2D eigenvalue weighted by molar-refractivity contribution is 5.84. The van der Waals surface area contributed by atoms with E-state index in [4.69, 9.17) is 14.0 Å². The Hall–Kier alpha value is -1.92. The van der Waals surface area contributed by atoms with Gasteiger partial charge in [-0.05, 0) is 24.4 Å². The van der Waals surface area contributed by atoms with Gasteiger partial charge < -0.3 is 18.8 Å². The van der Waals surface area contributed by atoms with Gasteiger partial charge in [0.1, 0.15) is 6.42 Å². The number of nitrogens with zero attached hydrogens (tertiary/aromatic N) is 2. The Kier molecular flexibility index (Phi) is 8.45. The summed E-state index contributed by atoms with van der Waals surface area (Å²) in [7, 11) is 0. The summed E-state index contributed by atoms with van der Waals surface area (Å²) < 4.78 is 15.8. The molecule has 1 fully saturated rings. The van der Waals surface area contributed by atoms with E-state index in [-0.39, 0.29) is 30.7 Å². The lowest BCUT2D eigenvalue weighted by atomic mass is 9.84. The molecule has 1 aromatic heterocycles. The SMILES string of the molecule is CCOC(=O)c1noc([C@H](CCCC2CCCCC2)CC(=[OH+])OC(C)(C)C)n1. The van der Waals surface area contributed by atoms with Crippen molar-refractivity contribution in [2.75, 3.05) is 6.61 Å². The quantitative estimate of drug-likeness (QED) is 0.441. The second-order valence-corrected chi connectivity index (χ2v) is 8.62. The van der Waals surface area contributed by atoms with Crippen LogP contribution in [0.2, 0.25) is 0 Å². The van der Waals surface area contributed by atoms with Gasteiger partial charge in [-0.1, -0.05) is 44.9 Å². The molecule has 158 valence electrons. The Morgan fingerprint density at radius 2 is 2.00 bits per heavy atom. The Morgan fingerprint density at radius 3 is 2.64 bits per heavy atom. The van der Waals surface area contributed by atoms with Gasteiger partial charge >= 0.3 is 11.9 Å². The van der Waals surface area contributed by atoms with Crippen LogP contribution in [0.1, 0.15) is 108 Å². The molecule has 0 aromatic carbocycles. The standard InChI is InChI=1S/C21H34N2O5/c1-5-26-20(25)18-22-19(28-23-18)16(14-17(24)27-21(2,3)4)13-9-12-15-10-7-6-8-11-15/h15-16H,5-14H2,1-4H3/p+1/t16-/m1/s1. The van der Waals surface area contributed by atoms with E-state index in [0.29, 0.717) is 5.89 Å². The van der Waals surface area contributed by atoms with E-state index in [2.05, 4.69) is 10.1 Å². The molecule has 0 spiro atoms. The van der Waals surface area contributed by atoms with Crippen molar-refractivity contribution in [3.8, 4) is 0 Å². The van der Waals surface area contributed by atoms with Crippen molar-refractivity contribution >= 4 is 11.9 Å². The molecule has 1 atom stereocenters. The summed E-state index contributed by atoms with van der Waals surface area (Å²) in [4.78, 5) is 26.3. The summed E-state index contributed by atoms with van der Waals surface area (Å²) in [6.45, 7) is 7.62. The molecule has 2 rings (SSSR count). The van der Waals surface area contributed by atoms with Crippen molar-refractivity contribution in [2.24, 2.45) is 5.92 Å². The van der Waals surface area contributed by atoms with Crippen molar-refractivity contribution in [2.45, 2.75) is 97.0 Å². The van der Waals surface area contributed by atoms with Crippen molar-refractivity contribution in [1.82, 2.24) is 10.1 Å². The highest BCUT2D eigenvalue weighted by Crippen LogP contribution is 2.31. The average Bonchev–Trinajstić information content (AvgIpc) is 3.10. The van der Waals surface area contributed by atoms with E-state index in [1.807, 2.05) is 20.8 Å². The third kappa shape index (κ3) is 7.60. The maximum Gasteiger partial charge on any atom is 0.483 e. The van der Waals surface area contributed by atoms with Crippen LogP contribution in [0.3, 0.4) is 0 Å². The summed E-state index contributed by atoms with van der Waals surface area (Å²) in [6, 6.07) is 0. The van der Waals surface area contributed by atoms with Crippen molar-refractivity contribution in [1.29, 1.82) is 0 Å². The molecule has 0 unspecified atom stereocenters. The lowest BCUT2D eigenvalue weighted by Gasteiger charge is -2.22. The Balaban J connectivity index is 2.00. The predicted octanol–water partition coefficient (Wildman–Crippen LogP) is 4.79. The minimum atomic E-state index is -0.599. The monoisotopic (exact) mass is 395 g/mol. The summed E-state index contributed by atoms with van der Waals surface area (Å²) in [5.41, 5.74) is -0.484. The second kappa shape index (κ2) is 10.6. The molecule has 1 aliphatic carbocycles. The third-order valence-electron chi connectivity index (χ3n) is 4.98. The van der Waals surface area contributed by atoms with Crippen LogP contribution in [0.5, 0.6) is 0 Å². The highest BCUT2D eigenvalue weighted by atomic mass is 16.6. The van der Waals surface area contributed by atoms with E-state index >= 15 is 0 Å². The van der Waals surface area contributed by atoms with Gasteiger partial charge in [-0.3, -0.25) is 0 Å². The summed E-state index contributed by atoms with van der Waals surface area (Å²) >= 11 is 0. The number of rotatable bonds is 9. The van der Waals surface area contributed by atoms with Gasteiger partial charge in [0.25, 0.3) is 5.82 Å². The molecule has 0 bridgehead atoms. The van der Waals surface area contributed by atoms with Gasteiger partial charge in [-0.2, -0.15) is 4.98 Å². The smallest absolute Gasteiger partial charge is 0.460 e. The number of hydrogen-bond acceptors (Lipinski definition) is 6. The predicted molar refractivity (Wildman–Crippen MR) is 106 cm³/mol. The Morgan fingerprint density at radius 1 is 1.29 bits per heavy atom. The maximum atomic E-state index is 11.8. The molecule has 7 heteroatoms. The molecule has 1 aliphatic rings. The van der Waals surface area contributed by atoms with Gasteiger partial charge in [0.05, 0.1) is 12.5 Å². The zero-order valence-corrected chi connectivity index (χ0v) is 17.7. The fraction of sp³-hybridized carbons (Fsp3) is 0.810. The van der Waals surface area contributed by atoms with E-state index in [0.717, 1.165) is 25.2 Å². The van der Waals surface area contributed by atoms with Gasteiger partial charge in [0, 0.05) is 20.8 Å². The molecule has 0 amide bonds. The third-order valence-corrected chi connectivity index (χ3v) is 4.98. The molecule has 0 saturated heterocycles. The molecule has 1 saturated carbocycles. The molecule has 28 heavy (non-hydrogen) atoms. The fourth-order valence-electron chi connectivity index (χ4n) is 3.73. The largest absolute Gasteiger partial charge is 0.483 e. The van der Waals surface area contributed by atoms with Gasteiger partial charge in [0.2, 0.25) is 5.89 Å². The van der Waals surface area contributed by atoms with E-state index in [1.165, 1.54) is 32.1 Å². The number of esters is 2. The minimum Gasteiger partial charge on any atom is -0.460 e.